The van der Waals surface area contributed by atoms with Crippen LogP contribution in [-0.2, 0) is 0 Å². The smallest absolute Gasteiger partial charge is 0.00199 e. The van der Waals surface area contributed by atoms with Gasteiger partial charge in [-0.15, -0.1) is 0 Å². The van der Waals surface area contributed by atoms with Crippen LogP contribution in [0.3, 0.4) is 0 Å². The highest BCUT2D eigenvalue weighted by Crippen LogP contribution is 2.47. The molecule has 0 aliphatic rings. The van der Waals surface area contributed by atoms with Gasteiger partial charge in [0.05, 0.1) is 0 Å². The molecule has 0 heteroatoms. The molecule has 0 nitrogen and oxygen atoms in total. The van der Waals surface area contributed by atoms with Crippen molar-refractivity contribution in [1.29, 1.82) is 0 Å². The van der Waals surface area contributed by atoms with Crippen LogP contribution in [0.15, 0.2) is 218 Å². The quantitative estimate of drug-likeness (QED) is 0.153. The third-order valence-corrected chi connectivity index (χ3v) is 10.9. The monoisotopic (exact) mass is 684 g/mol. The molecular formula is C54H36. The zero-order valence-corrected chi connectivity index (χ0v) is 29.8. The minimum atomic E-state index is 1.19. The fraction of sp³-hybridized carbons (Fsp3) is 0. The minimum Gasteiger partial charge on any atom is -0.0622 e. The molecular weight excluding hydrogens is 649 g/mol. The van der Waals surface area contributed by atoms with E-state index in [9.17, 15) is 0 Å². The summed E-state index contributed by atoms with van der Waals surface area (Å²) in [6.45, 7) is 0. The molecule has 0 fully saturated rings. The summed E-state index contributed by atoms with van der Waals surface area (Å²) in [6, 6.07) is 79.8. The van der Waals surface area contributed by atoms with Gasteiger partial charge in [-0.1, -0.05) is 200 Å². The molecule has 0 unspecified atom stereocenters. The summed E-state index contributed by atoms with van der Waals surface area (Å²) in [5.74, 6) is 0. The predicted molar refractivity (Wildman–Crippen MR) is 232 cm³/mol. The van der Waals surface area contributed by atoms with E-state index in [1.807, 2.05) is 0 Å². The van der Waals surface area contributed by atoms with Crippen LogP contribution in [0, 0.1) is 0 Å². The maximum atomic E-state index is 2.42. The van der Waals surface area contributed by atoms with Gasteiger partial charge >= 0.3 is 0 Å². The van der Waals surface area contributed by atoms with E-state index in [-0.39, 0.29) is 0 Å². The van der Waals surface area contributed by atoms with Crippen molar-refractivity contribution in [2.75, 3.05) is 0 Å². The lowest BCUT2D eigenvalue weighted by molar-refractivity contribution is 1.56. The molecule has 252 valence electrons. The van der Waals surface area contributed by atoms with E-state index in [1.165, 1.54) is 99.1 Å². The third kappa shape index (κ3) is 5.66. The fourth-order valence-electron chi connectivity index (χ4n) is 8.24. The van der Waals surface area contributed by atoms with Gasteiger partial charge in [0.2, 0.25) is 0 Å². The Bertz CT molecular complexity index is 2900. The second-order valence-corrected chi connectivity index (χ2v) is 14.1. The van der Waals surface area contributed by atoms with E-state index in [1.54, 1.807) is 0 Å². The zero-order chi connectivity index (χ0) is 35.8. The van der Waals surface area contributed by atoms with Crippen LogP contribution in [0.5, 0.6) is 0 Å². The molecule has 10 rings (SSSR count). The van der Waals surface area contributed by atoms with Crippen molar-refractivity contribution in [2.45, 2.75) is 0 Å². The van der Waals surface area contributed by atoms with Crippen molar-refractivity contribution in [3.63, 3.8) is 0 Å². The second kappa shape index (κ2) is 13.5. The van der Waals surface area contributed by atoms with Gasteiger partial charge in [0, 0.05) is 0 Å². The van der Waals surface area contributed by atoms with Crippen molar-refractivity contribution in [3.05, 3.63) is 218 Å². The summed E-state index contributed by atoms with van der Waals surface area (Å²) in [6.07, 6.45) is 0. The van der Waals surface area contributed by atoms with Crippen LogP contribution in [0.2, 0.25) is 0 Å². The first kappa shape index (κ1) is 31.7. The van der Waals surface area contributed by atoms with Crippen molar-refractivity contribution in [3.8, 4) is 66.8 Å². The van der Waals surface area contributed by atoms with E-state index < -0.39 is 0 Å². The SMILES string of the molecule is c1ccc(-c2ccc(-c3cccc(-c4ccc(-c5ccc6ccccc6c5)cc4)c3)cc2-c2c3ccccc3c(-c3ccccc3)c3ccccc23)cc1. The van der Waals surface area contributed by atoms with Crippen LogP contribution < -0.4 is 0 Å². The number of rotatable bonds is 6. The van der Waals surface area contributed by atoms with Crippen molar-refractivity contribution < 1.29 is 0 Å². The van der Waals surface area contributed by atoms with Gasteiger partial charge in [-0.2, -0.15) is 0 Å². The lowest BCUT2D eigenvalue weighted by Gasteiger charge is -2.20. The summed E-state index contributed by atoms with van der Waals surface area (Å²) >= 11 is 0. The van der Waals surface area contributed by atoms with E-state index in [0.717, 1.165) is 0 Å². The molecule has 0 amide bonds. The molecule has 10 aromatic rings. The molecule has 54 heavy (non-hydrogen) atoms. The normalized spacial score (nSPS) is 11.3. The summed E-state index contributed by atoms with van der Waals surface area (Å²) in [7, 11) is 0. The summed E-state index contributed by atoms with van der Waals surface area (Å²) in [5.41, 5.74) is 14.7. The van der Waals surface area contributed by atoms with Crippen molar-refractivity contribution >= 4 is 32.3 Å². The predicted octanol–water partition coefficient (Wildman–Crippen LogP) is 15.1. The average molecular weight is 685 g/mol. The zero-order valence-electron chi connectivity index (χ0n) is 29.8. The highest BCUT2D eigenvalue weighted by molar-refractivity contribution is 6.22. The van der Waals surface area contributed by atoms with Gasteiger partial charge in [-0.05, 0) is 117 Å². The van der Waals surface area contributed by atoms with Crippen molar-refractivity contribution in [1.82, 2.24) is 0 Å². The Hall–Kier alpha value is -7.02. The van der Waals surface area contributed by atoms with E-state index in [0.29, 0.717) is 0 Å². The van der Waals surface area contributed by atoms with Gasteiger partial charge in [0.25, 0.3) is 0 Å². The Kier molecular flexibility index (Phi) is 7.93. The van der Waals surface area contributed by atoms with Crippen LogP contribution in [-0.4, -0.2) is 0 Å². The van der Waals surface area contributed by atoms with Gasteiger partial charge in [0.1, 0.15) is 0 Å². The van der Waals surface area contributed by atoms with E-state index in [4.69, 9.17) is 0 Å². The highest BCUT2D eigenvalue weighted by atomic mass is 14.2. The molecule has 0 heterocycles. The molecule has 0 N–H and O–H groups in total. The molecule has 0 radical (unpaired) electrons. The maximum Gasteiger partial charge on any atom is -0.00199 e. The van der Waals surface area contributed by atoms with Crippen LogP contribution >= 0.6 is 0 Å². The summed E-state index contributed by atoms with van der Waals surface area (Å²) in [5, 5.41) is 7.55. The Morgan fingerprint density at radius 3 is 1.24 bits per heavy atom. The first-order valence-corrected chi connectivity index (χ1v) is 18.7. The van der Waals surface area contributed by atoms with Crippen LogP contribution in [0.25, 0.3) is 99.1 Å². The van der Waals surface area contributed by atoms with Gasteiger partial charge < -0.3 is 0 Å². The molecule has 0 aliphatic carbocycles. The lowest BCUT2D eigenvalue weighted by atomic mass is 9.83. The Morgan fingerprint density at radius 1 is 0.185 bits per heavy atom. The molecule has 0 spiro atoms. The molecule has 0 aliphatic heterocycles. The number of hydrogen-bond acceptors (Lipinski definition) is 0. The molecule has 0 saturated heterocycles. The minimum absolute atomic E-state index is 1.19. The first-order chi connectivity index (χ1) is 26.8. The topological polar surface area (TPSA) is 0 Å². The first-order valence-electron chi connectivity index (χ1n) is 18.7. The molecule has 0 aromatic heterocycles. The Labute approximate surface area is 316 Å². The Morgan fingerprint density at radius 2 is 0.611 bits per heavy atom. The second-order valence-electron chi connectivity index (χ2n) is 14.1. The van der Waals surface area contributed by atoms with Gasteiger partial charge in [-0.25, -0.2) is 0 Å². The number of benzene rings is 10. The van der Waals surface area contributed by atoms with Gasteiger partial charge in [-0.3, -0.25) is 0 Å². The average Bonchev–Trinajstić information content (AvgIpc) is 3.26. The molecule has 0 bridgehead atoms. The largest absolute Gasteiger partial charge is 0.0622 e. The van der Waals surface area contributed by atoms with Crippen LogP contribution in [0.4, 0.5) is 0 Å². The molecule has 0 atom stereocenters. The maximum absolute atomic E-state index is 2.42. The lowest BCUT2D eigenvalue weighted by Crippen LogP contribution is -1.93. The van der Waals surface area contributed by atoms with E-state index >= 15 is 0 Å². The number of fused-ring (bicyclic) bond motifs is 3. The van der Waals surface area contributed by atoms with Crippen molar-refractivity contribution in [2.24, 2.45) is 0 Å². The van der Waals surface area contributed by atoms with Crippen LogP contribution in [0.1, 0.15) is 0 Å². The van der Waals surface area contributed by atoms with E-state index in [2.05, 4.69) is 218 Å². The van der Waals surface area contributed by atoms with Gasteiger partial charge in [0.15, 0.2) is 0 Å². The standard InChI is InChI=1S/C54H36/c1-3-15-40(16-4-1)47-33-32-46(44-21-13-20-43(34-44)38-26-28-39(29-27-38)45-31-30-37-14-7-8-19-42(37)35-45)36-52(47)54-50-24-11-9-22-48(50)53(41-17-5-2-6-18-41)49-23-10-12-25-51(49)54/h1-36H. The number of hydrogen-bond donors (Lipinski definition) is 0. The third-order valence-electron chi connectivity index (χ3n) is 10.9. The molecule has 0 saturated carbocycles. The highest BCUT2D eigenvalue weighted by Gasteiger charge is 2.19. The fourth-order valence-corrected chi connectivity index (χ4v) is 8.24. The summed E-state index contributed by atoms with van der Waals surface area (Å²) < 4.78 is 0. The molecule has 10 aromatic carbocycles. The Balaban J connectivity index is 1.12. The summed E-state index contributed by atoms with van der Waals surface area (Å²) in [4.78, 5) is 0.